The van der Waals surface area contributed by atoms with Crippen LogP contribution in [0.5, 0.6) is 0 Å². The van der Waals surface area contributed by atoms with Crippen LogP contribution in [0.15, 0.2) is 24.3 Å². The Balaban J connectivity index is 0.000000322. The maximum Gasteiger partial charge on any atom is 0.293 e. The summed E-state index contributed by atoms with van der Waals surface area (Å²) in [6.45, 7) is 6.77. The van der Waals surface area contributed by atoms with Crippen molar-refractivity contribution in [3.63, 3.8) is 0 Å². The molecular weight excluding hydrogens is 320 g/mol. The minimum atomic E-state index is -0.318. The van der Waals surface area contributed by atoms with Crippen molar-refractivity contribution in [2.24, 2.45) is 0 Å². The predicted molar refractivity (Wildman–Crippen MR) is 89.6 cm³/mol. The average Bonchev–Trinajstić information content (AvgIpc) is 2.47. The van der Waals surface area contributed by atoms with Gasteiger partial charge in [-0.3, -0.25) is 9.59 Å². The smallest absolute Gasteiger partial charge is 0.293 e. The molecular formula is C16H23ClN2O4. The summed E-state index contributed by atoms with van der Waals surface area (Å²) in [5, 5.41) is 12.8. The summed E-state index contributed by atoms with van der Waals surface area (Å²) in [7, 11) is 0. The van der Waals surface area contributed by atoms with Crippen LogP contribution >= 0.6 is 11.6 Å². The number of carbonyl (C=O) groups excluding carboxylic acids is 2. The van der Waals surface area contributed by atoms with Crippen molar-refractivity contribution in [1.82, 2.24) is 5.32 Å². The van der Waals surface area contributed by atoms with E-state index < -0.39 is 0 Å². The first-order valence-corrected chi connectivity index (χ1v) is 7.67. The number of aliphatic hydroxyl groups is 1. The molecule has 0 spiro atoms. The first-order chi connectivity index (χ1) is 10.8. The van der Waals surface area contributed by atoms with E-state index in [-0.39, 0.29) is 24.2 Å². The van der Waals surface area contributed by atoms with Gasteiger partial charge in [0.15, 0.2) is 0 Å². The van der Waals surface area contributed by atoms with Crippen molar-refractivity contribution in [2.45, 2.75) is 32.4 Å². The summed E-state index contributed by atoms with van der Waals surface area (Å²) in [5.41, 5.74) is 0.455. The molecule has 23 heavy (non-hydrogen) atoms. The van der Waals surface area contributed by atoms with Crippen molar-refractivity contribution >= 4 is 29.7 Å². The Morgan fingerprint density at radius 2 is 2.00 bits per heavy atom. The van der Waals surface area contributed by atoms with Crippen molar-refractivity contribution < 1.29 is 19.4 Å². The Kier molecular flexibility index (Phi) is 7.48. The molecule has 1 aromatic rings. The molecule has 1 heterocycles. The lowest BCUT2D eigenvalue weighted by Gasteiger charge is -2.35. The van der Waals surface area contributed by atoms with Crippen molar-refractivity contribution in [2.75, 3.05) is 24.6 Å². The summed E-state index contributed by atoms with van der Waals surface area (Å²) in [5.74, 6) is -0.0346. The Morgan fingerprint density at radius 1 is 1.39 bits per heavy atom. The fourth-order valence-corrected chi connectivity index (χ4v) is 2.10. The minimum absolute atomic E-state index is 0.0346. The predicted octanol–water partition coefficient (Wildman–Crippen LogP) is 1.59. The second-order valence-electron chi connectivity index (χ2n) is 6.03. The monoisotopic (exact) mass is 342 g/mol. The van der Waals surface area contributed by atoms with Crippen LogP contribution in [0.2, 0.25) is 5.02 Å². The molecule has 2 rings (SSSR count). The lowest BCUT2D eigenvalue weighted by atomic mass is 10.1. The number of amides is 1. The van der Waals surface area contributed by atoms with Gasteiger partial charge in [-0.2, -0.15) is 0 Å². The van der Waals surface area contributed by atoms with Gasteiger partial charge in [-0.1, -0.05) is 11.6 Å². The zero-order valence-corrected chi connectivity index (χ0v) is 14.3. The Morgan fingerprint density at radius 3 is 2.43 bits per heavy atom. The summed E-state index contributed by atoms with van der Waals surface area (Å²) in [6.07, 6.45) is 0. The zero-order chi connectivity index (χ0) is 17.5. The average molecular weight is 343 g/mol. The van der Waals surface area contributed by atoms with Crippen molar-refractivity contribution in [3.05, 3.63) is 29.3 Å². The molecule has 0 aliphatic carbocycles. The number of halogens is 1. The highest BCUT2D eigenvalue weighted by molar-refractivity contribution is 6.30. The van der Waals surface area contributed by atoms with Crippen molar-refractivity contribution in [1.29, 1.82) is 0 Å². The number of benzene rings is 1. The first kappa shape index (κ1) is 19.4. The highest BCUT2D eigenvalue weighted by Gasteiger charge is 2.28. The molecule has 0 radical (unpaired) electrons. The van der Waals surface area contributed by atoms with Gasteiger partial charge in [-0.05, 0) is 45.0 Å². The van der Waals surface area contributed by atoms with Crippen LogP contribution in [0.25, 0.3) is 0 Å². The Bertz CT molecular complexity index is 514. The topological polar surface area (TPSA) is 78.9 Å². The summed E-state index contributed by atoms with van der Waals surface area (Å²) in [4.78, 5) is 23.0. The van der Waals surface area contributed by atoms with Crippen LogP contribution in [0.3, 0.4) is 0 Å². The maximum atomic E-state index is 11.8. The number of aliphatic hydroxyl groups excluding tert-OH is 1. The van der Waals surface area contributed by atoms with E-state index in [2.05, 4.69) is 10.1 Å². The quantitative estimate of drug-likeness (QED) is 0.816. The maximum absolute atomic E-state index is 11.8. The van der Waals surface area contributed by atoms with Gasteiger partial charge in [0.05, 0.1) is 19.2 Å². The number of piperazine rings is 1. The molecule has 1 atom stereocenters. The number of nitrogens with one attached hydrogen (secondary N) is 1. The fraction of sp³-hybridized carbons (Fsp3) is 0.500. The van der Waals surface area contributed by atoms with Gasteiger partial charge in [-0.15, -0.1) is 0 Å². The Hall–Kier alpha value is -1.63. The molecule has 7 heteroatoms. The number of nitrogens with zero attached hydrogens (tertiary/aromatic N) is 1. The van der Waals surface area contributed by atoms with Gasteiger partial charge in [0.2, 0.25) is 5.91 Å². The lowest BCUT2D eigenvalue weighted by molar-refractivity contribution is -0.138. The van der Waals surface area contributed by atoms with Gasteiger partial charge < -0.3 is 20.1 Å². The number of ether oxygens (including phenoxy) is 1. The van der Waals surface area contributed by atoms with E-state index in [0.717, 1.165) is 5.69 Å². The number of carbonyl (C=O) groups is 2. The SMILES string of the molecule is CC(C)(C)OC=O.O=C1CNCC(CO)N1c1ccc(Cl)cc1. The second-order valence-corrected chi connectivity index (χ2v) is 6.47. The molecule has 1 saturated heterocycles. The van der Waals surface area contributed by atoms with Gasteiger partial charge >= 0.3 is 0 Å². The van der Waals surface area contributed by atoms with Gasteiger partial charge in [0.25, 0.3) is 6.47 Å². The minimum Gasteiger partial charge on any atom is -0.462 e. The number of hydrogen-bond acceptors (Lipinski definition) is 5. The fourth-order valence-electron chi connectivity index (χ4n) is 1.97. The Labute approximate surface area is 141 Å². The summed E-state index contributed by atoms with van der Waals surface area (Å²) < 4.78 is 4.55. The number of rotatable bonds is 3. The third-order valence-electron chi connectivity index (χ3n) is 3.01. The van der Waals surface area contributed by atoms with Crippen LogP contribution in [0, 0.1) is 0 Å². The summed E-state index contributed by atoms with van der Waals surface area (Å²) in [6, 6.07) is 6.84. The largest absolute Gasteiger partial charge is 0.462 e. The second kappa shape index (κ2) is 8.86. The summed E-state index contributed by atoms with van der Waals surface area (Å²) >= 11 is 5.79. The van der Waals surface area contributed by atoms with E-state index >= 15 is 0 Å². The van der Waals surface area contributed by atoms with Gasteiger partial charge in [0.1, 0.15) is 5.60 Å². The molecule has 0 bridgehead atoms. The number of hydrogen-bond donors (Lipinski definition) is 2. The van der Waals surface area contributed by atoms with Crippen LogP contribution in [-0.2, 0) is 14.3 Å². The molecule has 1 unspecified atom stereocenters. The highest BCUT2D eigenvalue weighted by Crippen LogP contribution is 2.21. The van der Waals surface area contributed by atoms with Crippen LogP contribution in [0.1, 0.15) is 20.8 Å². The van der Waals surface area contributed by atoms with Crippen molar-refractivity contribution in [3.8, 4) is 0 Å². The standard InChI is InChI=1S/C11H13ClN2O2.C5H10O2/c12-8-1-3-9(4-2-8)14-10(7-15)5-13-6-11(14)16;1-5(2,3)7-4-6/h1-4,10,13,15H,5-7H2;4H,1-3H3. The third kappa shape index (κ3) is 6.56. The molecule has 1 amide bonds. The molecule has 0 aromatic heterocycles. The van der Waals surface area contributed by atoms with E-state index in [1.54, 1.807) is 29.2 Å². The van der Waals surface area contributed by atoms with Crippen LogP contribution in [-0.4, -0.2) is 48.8 Å². The molecule has 0 saturated carbocycles. The molecule has 6 nitrogen and oxygen atoms in total. The van der Waals surface area contributed by atoms with Crippen LogP contribution in [0.4, 0.5) is 5.69 Å². The normalized spacial score (nSPS) is 18.0. The zero-order valence-electron chi connectivity index (χ0n) is 13.6. The third-order valence-corrected chi connectivity index (χ3v) is 3.26. The molecule has 1 aliphatic rings. The molecule has 128 valence electrons. The van der Waals surface area contributed by atoms with E-state index in [0.29, 0.717) is 24.6 Å². The van der Waals surface area contributed by atoms with Gasteiger partial charge in [0, 0.05) is 17.3 Å². The van der Waals surface area contributed by atoms with E-state index in [1.807, 2.05) is 20.8 Å². The number of anilines is 1. The lowest BCUT2D eigenvalue weighted by Crippen LogP contribution is -2.56. The first-order valence-electron chi connectivity index (χ1n) is 7.29. The molecule has 1 aromatic carbocycles. The van der Waals surface area contributed by atoms with E-state index in [4.69, 9.17) is 11.6 Å². The molecule has 2 N–H and O–H groups in total. The highest BCUT2D eigenvalue weighted by atomic mass is 35.5. The molecule has 1 fully saturated rings. The van der Waals surface area contributed by atoms with E-state index in [1.165, 1.54) is 0 Å². The van der Waals surface area contributed by atoms with Crippen LogP contribution < -0.4 is 10.2 Å². The van der Waals surface area contributed by atoms with E-state index in [9.17, 15) is 14.7 Å². The van der Waals surface area contributed by atoms with Gasteiger partial charge in [-0.25, -0.2) is 0 Å². The molecule has 1 aliphatic heterocycles.